The van der Waals surface area contributed by atoms with Gasteiger partial charge in [0.1, 0.15) is 0 Å². The van der Waals surface area contributed by atoms with Crippen LogP contribution in [0.15, 0.2) is 47.1 Å². The molecule has 0 aliphatic heterocycles. The Kier molecular flexibility index (Phi) is 17.2. The van der Waals surface area contributed by atoms with E-state index in [2.05, 4.69) is 77.0 Å². The lowest BCUT2D eigenvalue weighted by Crippen LogP contribution is -2.43. The van der Waals surface area contributed by atoms with Gasteiger partial charge in [0, 0.05) is 18.1 Å². The van der Waals surface area contributed by atoms with Crippen molar-refractivity contribution in [2.24, 2.45) is 0 Å². The van der Waals surface area contributed by atoms with Gasteiger partial charge in [0.2, 0.25) is 0 Å². The lowest BCUT2D eigenvalue weighted by Gasteiger charge is -2.20. The minimum Gasteiger partial charge on any atom is -0.363 e. The summed E-state index contributed by atoms with van der Waals surface area (Å²) in [6.07, 6.45) is 14.0. The summed E-state index contributed by atoms with van der Waals surface area (Å²) in [5.41, 5.74) is 5.52. The summed E-state index contributed by atoms with van der Waals surface area (Å²) < 4.78 is 0. The number of thioether (sulfide) groups is 1. The minimum absolute atomic E-state index is 0.224. The molecular formula is C25H44N2S2. The molecule has 0 aromatic rings. The number of rotatable bonds is 15. The van der Waals surface area contributed by atoms with Gasteiger partial charge in [-0.05, 0) is 78.9 Å². The standard InChI is InChI=1S/C25H44N2S2/c1-8-9-17-26-25(28)27-24(21(4)5)19-29-18-16-23(7)15-11-14-22(6)13-10-12-20(2)3/h12,14,16,24H,4,8-11,13,15,17-19H2,1-3,5-7H3,(H2,26,27,28)/b22-14+,23-16+. The van der Waals surface area contributed by atoms with E-state index in [4.69, 9.17) is 12.2 Å². The molecule has 2 nitrogen and oxygen atoms in total. The van der Waals surface area contributed by atoms with Crippen LogP contribution in [-0.2, 0) is 0 Å². The van der Waals surface area contributed by atoms with Crippen molar-refractivity contribution in [3.63, 3.8) is 0 Å². The molecule has 4 heteroatoms. The average molecular weight is 437 g/mol. The fraction of sp³-hybridized carbons (Fsp3) is 0.640. The van der Waals surface area contributed by atoms with Crippen molar-refractivity contribution in [1.29, 1.82) is 0 Å². The molecule has 0 radical (unpaired) electrons. The molecule has 166 valence electrons. The van der Waals surface area contributed by atoms with Gasteiger partial charge < -0.3 is 10.6 Å². The molecule has 0 aliphatic rings. The molecule has 0 aliphatic carbocycles. The Hall–Kier alpha value is -1.00. The summed E-state index contributed by atoms with van der Waals surface area (Å²) >= 11 is 7.33. The van der Waals surface area contributed by atoms with E-state index in [0.717, 1.165) is 54.4 Å². The summed E-state index contributed by atoms with van der Waals surface area (Å²) in [5.74, 6) is 2.02. The monoisotopic (exact) mass is 436 g/mol. The first-order valence-corrected chi connectivity index (χ1v) is 12.5. The smallest absolute Gasteiger partial charge is 0.166 e. The summed E-state index contributed by atoms with van der Waals surface area (Å²) in [6.45, 7) is 18.1. The van der Waals surface area contributed by atoms with Gasteiger partial charge in [0.05, 0.1) is 6.04 Å². The van der Waals surface area contributed by atoms with Crippen LogP contribution >= 0.6 is 24.0 Å². The largest absolute Gasteiger partial charge is 0.363 e. The van der Waals surface area contributed by atoms with Crippen molar-refractivity contribution in [3.8, 4) is 0 Å². The third-order valence-corrected chi connectivity index (χ3v) is 5.91. The molecular weight excluding hydrogens is 392 g/mol. The molecule has 0 saturated carbocycles. The predicted molar refractivity (Wildman–Crippen MR) is 140 cm³/mol. The SMILES string of the molecule is C=C(C)C(CSC/C=C(\C)CC/C=C(\C)CCC=C(C)C)NC(=S)NCCCC. The van der Waals surface area contributed by atoms with Crippen molar-refractivity contribution in [2.45, 2.75) is 86.1 Å². The second-order valence-corrected chi connectivity index (χ2v) is 9.63. The second kappa shape index (κ2) is 17.8. The number of allylic oxidation sites excluding steroid dienone is 5. The first kappa shape index (κ1) is 28.0. The van der Waals surface area contributed by atoms with Gasteiger partial charge in [-0.25, -0.2) is 0 Å². The Labute approximate surface area is 190 Å². The topological polar surface area (TPSA) is 24.1 Å². The number of hydrogen-bond acceptors (Lipinski definition) is 2. The minimum atomic E-state index is 0.224. The number of unbranched alkanes of at least 4 members (excludes halogenated alkanes) is 1. The van der Waals surface area contributed by atoms with Gasteiger partial charge >= 0.3 is 0 Å². The first-order chi connectivity index (χ1) is 13.8. The molecule has 0 heterocycles. The Morgan fingerprint density at radius 3 is 2.21 bits per heavy atom. The van der Waals surface area contributed by atoms with E-state index in [9.17, 15) is 0 Å². The Bertz CT molecular complexity index is 569. The highest BCUT2D eigenvalue weighted by Crippen LogP contribution is 2.14. The number of hydrogen-bond donors (Lipinski definition) is 2. The maximum absolute atomic E-state index is 5.40. The van der Waals surface area contributed by atoms with Gasteiger partial charge in [0.25, 0.3) is 0 Å². The molecule has 0 fully saturated rings. The predicted octanol–water partition coefficient (Wildman–Crippen LogP) is 7.35. The van der Waals surface area contributed by atoms with Gasteiger partial charge in [-0.1, -0.05) is 60.4 Å². The van der Waals surface area contributed by atoms with Gasteiger partial charge in [-0.15, -0.1) is 0 Å². The summed E-state index contributed by atoms with van der Waals surface area (Å²) in [7, 11) is 0. The van der Waals surface area contributed by atoms with Crippen LogP contribution in [0.5, 0.6) is 0 Å². The van der Waals surface area contributed by atoms with Crippen LogP contribution in [-0.4, -0.2) is 29.2 Å². The van der Waals surface area contributed by atoms with Crippen LogP contribution in [0.2, 0.25) is 0 Å². The third-order valence-electron chi connectivity index (χ3n) is 4.67. The fourth-order valence-electron chi connectivity index (χ4n) is 2.62. The van der Waals surface area contributed by atoms with Crippen LogP contribution in [0.25, 0.3) is 0 Å². The third kappa shape index (κ3) is 17.6. The van der Waals surface area contributed by atoms with Crippen LogP contribution in [0, 0.1) is 0 Å². The van der Waals surface area contributed by atoms with Crippen LogP contribution in [0.1, 0.15) is 80.1 Å². The average Bonchev–Trinajstić information content (AvgIpc) is 2.64. The van der Waals surface area contributed by atoms with E-state index in [1.54, 1.807) is 0 Å². The lowest BCUT2D eigenvalue weighted by molar-refractivity contribution is 0.713. The van der Waals surface area contributed by atoms with E-state index in [1.165, 1.54) is 29.6 Å². The maximum Gasteiger partial charge on any atom is 0.166 e. The molecule has 0 bridgehead atoms. The lowest BCUT2D eigenvalue weighted by atomic mass is 10.1. The highest BCUT2D eigenvalue weighted by atomic mass is 32.2. The normalized spacial score (nSPS) is 13.0. The van der Waals surface area contributed by atoms with E-state index >= 15 is 0 Å². The van der Waals surface area contributed by atoms with Gasteiger partial charge in [-0.3, -0.25) is 0 Å². The highest BCUT2D eigenvalue weighted by molar-refractivity contribution is 7.99. The quantitative estimate of drug-likeness (QED) is 0.159. The number of thiocarbonyl (C=S) groups is 1. The molecule has 0 amide bonds. The van der Waals surface area contributed by atoms with Crippen LogP contribution < -0.4 is 10.6 Å². The molecule has 1 atom stereocenters. The van der Waals surface area contributed by atoms with Crippen LogP contribution in [0.4, 0.5) is 0 Å². The zero-order chi connectivity index (χ0) is 22.1. The Morgan fingerprint density at radius 1 is 1.00 bits per heavy atom. The molecule has 0 aromatic heterocycles. The molecule has 29 heavy (non-hydrogen) atoms. The zero-order valence-electron chi connectivity index (χ0n) is 19.7. The van der Waals surface area contributed by atoms with Gasteiger partial charge in [0.15, 0.2) is 5.11 Å². The summed E-state index contributed by atoms with van der Waals surface area (Å²) in [6, 6.07) is 0.224. The summed E-state index contributed by atoms with van der Waals surface area (Å²) in [4.78, 5) is 0. The first-order valence-electron chi connectivity index (χ1n) is 11.0. The van der Waals surface area contributed by atoms with E-state index in [1.807, 2.05) is 11.8 Å². The maximum atomic E-state index is 5.40. The fourth-order valence-corrected chi connectivity index (χ4v) is 4.01. The van der Waals surface area contributed by atoms with Gasteiger partial charge in [-0.2, -0.15) is 11.8 Å². The van der Waals surface area contributed by atoms with Crippen molar-refractivity contribution in [1.82, 2.24) is 10.6 Å². The number of nitrogens with one attached hydrogen (secondary N) is 2. The molecule has 0 aromatic carbocycles. The molecule has 0 rings (SSSR count). The zero-order valence-corrected chi connectivity index (χ0v) is 21.3. The Morgan fingerprint density at radius 2 is 1.62 bits per heavy atom. The highest BCUT2D eigenvalue weighted by Gasteiger charge is 2.10. The van der Waals surface area contributed by atoms with Crippen molar-refractivity contribution < 1.29 is 0 Å². The summed E-state index contributed by atoms with van der Waals surface area (Å²) in [5, 5.41) is 7.42. The Balaban J connectivity index is 4.15. The van der Waals surface area contributed by atoms with E-state index < -0.39 is 0 Å². The van der Waals surface area contributed by atoms with E-state index in [-0.39, 0.29) is 6.04 Å². The molecule has 0 spiro atoms. The molecule has 1 unspecified atom stereocenters. The van der Waals surface area contributed by atoms with Crippen molar-refractivity contribution in [2.75, 3.05) is 18.1 Å². The van der Waals surface area contributed by atoms with E-state index in [0.29, 0.717) is 0 Å². The van der Waals surface area contributed by atoms with Crippen molar-refractivity contribution in [3.05, 3.63) is 47.1 Å². The molecule has 0 saturated heterocycles. The molecule has 2 N–H and O–H groups in total. The van der Waals surface area contributed by atoms with Crippen molar-refractivity contribution >= 4 is 29.1 Å². The van der Waals surface area contributed by atoms with Crippen LogP contribution in [0.3, 0.4) is 0 Å². The second-order valence-electron chi connectivity index (χ2n) is 8.15.